The highest BCUT2D eigenvalue weighted by Gasteiger charge is 2.34. The minimum atomic E-state index is -1.10. The van der Waals surface area contributed by atoms with E-state index in [0.29, 0.717) is 17.0 Å². The van der Waals surface area contributed by atoms with Gasteiger partial charge in [-0.25, -0.2) is 4.79 Å². The Morgan fingerprint density at radius 2 is 2.14 bits per heavy atom. The molecule has 7 nitrogen and oxygen atoms in total. The maximum Gasteiger partial charge on any atom is 0.346 e. The van der Waals surface area contributed by atoms with Gasteiger partial charge < -0.3 is 14.7 Å². The average molecular weight is 287 g/mol. The van der Waals surface area contributed by atoms with Crippen LogP contribution < -0.4 is 9.64 Å². The molecule has 1 unspecified atom stereocenters. The largest absolute Gasteiger partial charge is 0.478 e. The smallest absolute Gasteiger partial charge is 0.346 e. The number of anilines is 1. The first-order chi connectivity index (χ1) is 10.1. The molecule has 1 amide bonds. The molecule has 3 rings (SSSR count). The summed E-state index contributed by atoms with van der Waals surface area (Å²) in [6.45, 7) is -0.0416. The summed E-state index contributed by atoms with van der Waals surface area (Å²) >= 11 is 0. The number of aliphatic carboxylic acids is 1. The Morgan fingerprint density at radius 1 is 1.38 bits per heavy atom. The predicted octanol–water partition coefficient (Wildman–Crippen LogP) is 0.912. The first-order valence-corrected chi connectivity index (χ1v) is 6.35. The van der Waals surface area contributed by atoms with E-state index in [2.05, 4.69) is 5.10 Å². The second-order valence-corrected chi connectivity index (χ2v) is 4.73. The Kier molecular flexibility index (Phi) is 3.09. The van der Waals surface area contributed by atoms with Gasteiger partial charge in [0, 0.05) is 13.2 Å². The SMILES string of the molecule is Cn1cc(C(=O)N2CC(C(=O)O)Oc3ccccc32)cn1. The summed E-state index contributed by atoms with van der Waals surface area (Å²) in [6, 6.07) is 6.87. The molecule has 1 aromatic heterocycles. The summed E-state index contributed by atoms with van der Waals surface area (Å²) in [5.41, 5.74) is 0.960. The number of nitrogens with zero attached hydrogens (tertiary/aromatic N) is 3. The second-order valence-electron chi connectivity index (χ2n) is 4.73. The van der Waals surface area contributed by atoms with Crippen LogP contribution in [0.25, 0.3) is 0 Å². The Morgan fingerprint density at radius 3 is 2.81 bits per heavy atom. The Hall–Kier alpha value is -2.83. The van der Waals surface area contributed by atoms with Crippen LogP contribution in [0, 0.1) is 0 Å². The van der Waals surface area contributed by atoms with Crippen molar-refractivity contribution >= 4 is 17.6 Å². The number of hydrogen-bond donors (Lipinski definition) is 1. The number of para-hydroxylation sites is 2. The summed E-state index contributed by atoms with van der Waals surface area (Å²) in [6.07, 6.45) is 1.97. The van der Waals surface area contributed by atoms with Crippen molar-refractivity contribution in [3.05, 3.63) is 42.2 Å². The molecule has 0 spiro atoms. The molecule has 1 atom stereocenters. The fraction of sp³-hybridized carbons (Fsp3) is 0.214. The van der Waals surface area contributed by atoms with Gasteiger partial charge in [-0.05, 0) is 12.1 Å². The Labute approximate surface area is 120 Å². The zero-order valence-corrected chi connectivity index (χ0v) is 11.3. The molecule has 21 heavy (non-hydrogen) atoms. The number of aryl methyl sites for hydroxylation is 1. The molecule has 1 aliphatic heterocycles. The summed E-state index contributed by atoms with van der Waals surface area (Å²) < 4.78 is 6.92. The monoisotopic (exact) mass is 287 g/mol. The number of carbonyl (C=O) groups is 2. The number of rotatable bonds is 2. The highest BCUT2D eigenvalue weighted by Crippen LogP contribution is 2.34. The van der Waals surface area contributed by atoms with Crippen molar-refractivity contribution in [2.75, 3.05) is 11.4 Å². The molecule has 0 saturated carbocycles. The quantitative estimate of drug-likeness (QED) is 0.887. The zero-order chi connectivity index (χ0) is 15.0. The van der Waals surface area contributed by atoms with E-state index in [1.165, 1.54) is 15.8 Å². The van der Waals surface area contributed by atoms with E-state index in [0.717, 1.165) is 0 Å². The number of ether oxygens (including phenoxy) is 1. The van der Waals surface area contributed by atoms with E-state index < -0.39 is 12.1 Å². The van der Waals surface area contributed by atoms with Crippen LogP contribution in [-0.2, 0) is 11.8 Å². The number of aromatic nitrogens is 2. The van der Waals surface area contributed by atoms with Crippen molar-refractivity contribution in [1.82, 2.24) is 9.78 Å². The molecule has 1 aromatic carbocycles. The third-order valence-corrected chi connectivity index (χ3v) is 3.25. The first kappa shape index (κ1) is 13.2. The van der Waals surface area contributed by atoms with E-state index in [9.17, 15) is 9.59 Å². The molecule has 0 bridgehead atoms. The van der Waals surface area contributed by atoms with Crippen LogP contribution in [0.5, 0.6) is 5.75 Å². The van der Waals surface area contributed by atoms with E-state index >= 15 is 0 Å². The minimum absolute atomic E-state index is 0.0416. The van der Waals surface area contributed by atoms with Crippen molar-refractivity contribution in [3.8, 4) is 5.75 Å². The molecule has 1 aliphatic rings. The molecule has 2 aromatic rings. The lowest BCUT2D eigenvalue weighted by Gasteiger charge is -2.32. The molecule has 2 heterocycles. The van der Waals surface area contributed by atoms with E-state index in [1.54, 1.807) is 37.5 Å². The standard InChI is InChI=1S/C14H13N3O4/c1-16-7-9(6-15-16)13(18)17-8-12(14(19)20)21-11-5-3-2-4-10(11)17/h2-7,12H,8H2,1H3,(H,19,20). The Bertz CT molecular complexity index is 710. The number of fused-ring (bicyclic) bond motifs is 1. The maximum absolute atomic E-state index is 12.6. The summed E-state index contributed by atoms with van der Waals surface area (Å²) in [7, 11) is 1.71. The minimum Gasteiger partial charge on any atom is -0.478 e. The molecular formula is C14H13N3O4. The predicted molar refractivity (Wildman–Crippen MR) is 73.4 cm³/mol. The van der Waals surface area contributed by atoms with E-state index in [1.807, 2.05) is 0 Å². The van der Waals surface area contributed by atoms with Gasteiger partial charge in [-0.3, -0.25) is 9.48 Å². The topological polar surface area (TPSA) is 84.7 Å². The van der Waals surface area contributed by atoms with Gasteiger partial charge in [0.05, 0.1) is 24.0 Å². The van der Waals surface area contributed by atoms with Gasteiger partial charge in [0.15, 0.2) is 0 Å². The van der Waals surface area contributed by atoms with Gasteiger partial charge in [0.1, 0.15) is 5.75 Å². The average Bonchev–Trinajstić information content (AvgIpc) is 2.92. The molecular weight excluding hydrogens is 274 g/mol. The normalized spacial score (nSPS) is 17.0. The third-order valence-electron chi connectivity index (χ3n) is 3.25. The van der Waals surface area contributed by atoms with Gasteiger partial charge in [0.2, 0.25) is 6.10 Å². The number of amides is 1. The lowest BCUT2D eigenvalue weighted by molar-refractivity contribution is -0.144. The fourth-order valence-electron chi connectivity index (χ4n) is 2.24. The van der Waals surface area contributed by atoms with Crippen molar-refractivity contribution in [2.45, 2.75) is 6.10 Å². The number of carbonyl (C=O) groups excluding carboxylic acids is 1. The molecule has 0 radical (unpaired) electrons. The zero-order valence-electron chi connectivity index (χ0n) is 11.3. The van der Waals surface area contributed by atoms with Crippen LogP contribution in [0.1, 0.15) is 10.4 Å². The molecule has 108 valence electrons. The third kappa shape index (κ3) is 2.33. The molecule has 0 aliphatic carbocycles. The highest BCUT2D eigenvalue weighted by atomic mass is 16.5. The number of benzene rings is 1. The number of carboxylic acids is 1. The molecule has 0 saturated heterocycles. The van der Waals surface area contributed by atoms with Gasteiger partial charge >= 0.3 is 5.97 Å². The molecule has 7 heteroatoms. The number of carboxylic acid groups (broad SMARTS) is 1. The first-order valence-electron chi connectivity index (χ1n) is 6.35. The van der Waals surface area contributed by atoms with Crippen molar-refractivity contribution in [1.29, 1.82) is 0 Å². The van der Waals surface area contributed by atoms with Crippen molar-refractivity contribution in [2.24, 2.45) is 7.05 Å². The molecule has 1 N–H and O–H groups in total. The van der Waals surface area contributed by atoms with Crippen molar-refractivity contribution < 1.29 is 19.4 Å². The molecule has 0 fully saturated rings. The fourth-order valence-corrected chi connectivity index (χ4v) is 2.24. The van der Waals surface area contributed by atoms with Crippen LogP contribution >= 0.6 is 0 Å². The van der Waals surface area contributed by atoms with Gasteiger partial charge in [-0.1, -0.05) is 12.1 Å². The van der Waals surface area contributed by atoms with Gasteiger partial charge in [-0.15, -0.1) is 0 Å². The highest BCUT2D eigenvalue weighted by molar-refractivity contribution is 6.07. The van der Waals surface area contributed by atoms with Gasteiger partial charge in [0.25, 0.3) is 5.91 Å². The second kappa shape index (κ2) is 4.93. The summed E-state index contributed by atoms with van der Waals surface area (Å²) in [5.74, 6) is -1.02. The van der Waals surface area contributed by atoms with Crippen LogP contribution in [0.2, 0.25) is 0 Å². The lowest BCUT2D eigenvalue weighted by Crippen LogP contribution is -2.47. The van der Waals surface area contributed by atoms with E-state index in [-0.39, 0.29) is 12.5 Å². The number of hydrogen-bond acceptors (Lipinski definition) is 4. The lowest BCUT2D eigenvalue weighted by atomic mass is 10.1. The Balaban J connectivity index is 2.00. The van der Waals surface area contributed by atoms with Crippen LogP contribution in [-0.4, -0.2) is 39.4 Å². The van der Waals surface area contributed by atoms with Crippen molar-refractivity contribution in [3.63, 3.8) is 0 Å². The summed E-state index contributed by atoms with van der Waals surface area (Å²) in [4.78, 5) is 25.2. The van der Waals surface area contributed by atoms with Crippen LogP contribution in [0.15, 0.2) is 36.7 Å². The van der Waals surface area contributed by atoms with Gasteiger partial charge in [-0.2, -0.15) is 5.10 Å². The van der Waals surface area contributed by atoms with E-state index in [4.69, 9.17) is 9.84 Å². The summed E-state index contributed by atoms with van der Waals surface area (Å²) in [5, 5.41) is 13.1. The van der Waals surface area contributed by atoms with Crippen LogP contribution in [0.3, 0.4) is 0 Å². The van der Waals surface area contributed by atoms with Crippen LogP contribution in [0.4, 0.5) is 5.69 Å². The maximum atomic E-state index is 12.6.